The number of amides is 2. The van der Waals surface area contributed by atoms with Gasteiger partial charge in [-0.1, -0.05) is 24.3 Å². The standard InChI is InChI=1S/C22H26N4O3.CH2O2/c1-14-4-2-3-5-16(14)8-9-24-21(28)17-6-7-18(20(27)11-17)26-22(29)19-10-15(12-23)13-25-19;2-1-3/h2-5,10,13,17-18,20,25,27H,6-9,11H2,1H3,(H,24,28)(H,26,29);1H,(H,2,3)/t17-,18-,20-;/m0./s1. The first kappa shape index (κ1) is 24.6. The number of nitrogens with zero attached hydrogens (tertiary/aromatic N) is 1. The number of H-pyrrole nitrogens is 1. The van der Waals surface area contributed by atoms with Gasteiger partial charge in [-0.2, -0.15) is 5.26 Å². The maximum Gasteiger partial charge on any atom is 0.290 e. The van der Waals surface area contributed by atoms with Gasteiger partial charge in [0.1, 0.15) is 11.8 Å². The number of nitriles is 1. The molecule has 3 atom stereocenters. The van der Waals surface area contributed by atoms with Crippen LogP contribution in [0, 0.1) is 24.2 Å². The molecular weight excluding hydrogens is 412 g/mol. The fraction of sp³-hybridized carbons (Fsp3) is 0.391. The average molecular weight is 441 g/mol. The van der Waals surface area contributed by atoms with Gasteiger partial charge in [-0.3, -0.25) is 14.4 Å². The molecule has 2 aromatic rings. The molecule has 32 heavy (non-hydrogen) atoms. The quantitative estimate of drug-likeness (QED) is 0.429. The maximum absolute atomic E-state index is 12.5. The van der Waals surface area contributed by atoms with Crippen molar-refractivity contribution in [1.82, 2.24) is 15.6 Å². The summed E-state index contributed by atoms with van der Waals surface area (Å²) >= 11 is 0. The molecule has 1 heterocycles. The van der Waals surface area contributed by atoms with Crippen molar-refractivity contribution in [2.45, 2.75) is 44.8 Å². The predicted molar refractivity (Wildman–Crippen MR) is 117 cm³/mol. The molecule has 0 saturated heterocycles. The van der Waals surface area contributed by atoms with Gasteiger partial charge in [0.25, 0.3) is 12.4 Å². The second kappa shape index (κ2) is 12.3. The minimum atomic E-state index is -0.787. The highest BCUT2D eigenvalue weighted by Crippen LogP contribution is 2.25. The highest BCUT2D eigenvalue weighted by molar-refractivity contribution is 5.93. The number of hydrogen-bond donors (Lipinski definition) is 5. The summed E-state index contributed by atoms with van der Waals surface area (Å²) in [6, 6.07) is 11.1. The number of aliphatic hydroxyl groups is 1. The van der Waals surface area contributed by atoms with Gasteiger partial charge in [0.05, 0.1) is 17.7 Å². The minimum Gasteiger partial charge on any atom is -0.483 e. The van der Waals surface area contributed by atoms with E-state index in [-0.39, 0.29) is 29.9 Å². The summed E-state index contributed by atoms with van der Waals surface area (Å²) in [7, 11) is 0. The SMILES string of the molecule is Cc1ccccc1CCNC(=O)[C@H]1CC[C@H](NC(=O)c2cc(C#N)c[nH]2)[C@@H](O)C1.O=CO. The van der Waals surface area contributed by atoms with Crippen LogP contribution < -0.4 is 10.6 Å². The Bertz CT molecular complexity index is 965. The van der Waals surface area contributed by atoms with Crippen LogP contribution in [0.1, 0.15) is 46.4 Å². The third-order valence-corrected chi connectivity index (χ3v) is 5.52. The number of carbonyl (C=O) groups excluding carboxylic acids is 2. The smallest absolute Gasteiger partial charge is 0.290 e. The van der Waals surface area contributed by atoms with Crippen molar-refractivity contribution in [2.24, 2.45) is 5.92 Å². The zero-order valence-electron chi connectivity index (χ0n) is 17.9. The fourth-order valence-corrected chi connectivity index (χ4v) is 3.74. The molecule has 0 bridgehead atoms. The molecule has 9 nitrogen and oxygen atoms in total. The summed E-state index contributed by atoms with van der Waals surface area (Å²) in [5, 5.41) is 31.9. The van der Waals surface area contributed by atoms with Crippen LogP contribution in [0.5, 0.6) is 0 Å². The number of hydrogen-bond acceptors (Lipinski definition) is 5. The van der Waals surface area contributed by atoms with Crippen LogP contribution in [0.15, 0.2) is 36.5 Å². The Labute approximate surface area is 186 Å². The van der Waals surface area contributed by atoms with Crippen LogP contribution >= 0.6 is 0 Å². The molecule has 1 fully saturated rings. The number of rotatable bonds is 6. The summed E-state index contributed by atoms with van der Waals surface area (Å²) in [6.07, 6.45) is 2.89. The molecule has 0 spiro atoms. The number of carbonyl (C=O) groups is 3. The lowest BCUT2D eigenvalue weighted by atomic mass is 9.83. The van der Waals surface area contributed by atoms with Gasteiger partial charge < -0.3 is 25.8 Å². The third-order valence-electron chi connectivity index (χ3n) is 5.52. The van der Waals surface area contributed by atoms with E-state index < -0.39 is 12.1 Å². The molecular formula is C23H28N4O5. The van der Waals surface area contributed by atoms with E-state index in [0.29, 0.717) is 31.4 Å². The molecule has 9 heteroatoms. The second-order valence-corrected chi connectivity index (χ2v) is 7.64. The lowest BCUT2D eigenvalue weighted by molar-refractivity contribution is -0.127. The van der Waals surface area contributed by atoms with Crippen molar-refractivity contribution in [2.75, 3.05) is 6.54 Å². The van der Waals surface area contributed by atoms with Crippen LogP contribution in [0.25, 0.3) is 0 Å². The van der Waals surface area contributed by atoms with Crippen molar-refractivity contribution in [3.8, 4) is 6.07 Å². The van der Waals surface area contributed by atoms with Gasteiger partial charge in [0.2, 0.25) is 5.91 Å². The molecule has 1 aromatic heterocycles. The van der Waals surface area contributed by atoms with Gasteiger partial charge in [0, 0.05) is 18.7 Å². The first-order valence-electron chi connectivity index (χ1n) is 10.4. The Morgan fingerprint density at radius 3 is 2.66 bits per heavy atom. The highest BCUT2D eigenvalue weighted by Gasteiger charge is 2.33. The fourth-order valence-electron chi connectivity index (χ4n) is 3.74. The van der Waals surface area contributed by atoms with E-state index >= 15 is 0 Å². The summed E-state index contributed by atoms with van der Waals surface area (Å²) < 4.78 is 0. The monoisotopic (exact) mass is 440 g/mol. The molecule has 3 rings (SSSR count). The van der Waals surface area contributed by atoms with E-state index in [1.807, 2.05) is 18.2 Å². The Morgan fingerprint density at radius 2 is 2.03 bits per heavy atom. The van der Waals surface area contributed by atoms with Crippen LogP contribution in [0.2, 0.25) is 0 Å². The van der Waals surface area contributed by atoms with Gasteiger partial charge in [-0.25, -0.2) is 0 Å². The largest absolute Gasteiger partial charge is 0.483 e. The lowest BCUT2D eigenvalue weighted by Crippen LogP contribution is -2.49. The maximum atomic E-state index is 12.5. The summed E-state index contributed by atoms with van der Waals surface area (Å²) in [5.74, 6) is -0.673. The number of aromatic nitrogens is 1. The van der Waals surface area contributed by atoms with E-state index in [9.17, 15) is 14.7 Å². The summed E-state index contributed by atoms with van der Waals surface area (Å²) in [5.41, 5.74) is 3.08. The number of aryl methyl sites for hydroxylation is 1. The topological polar surface area (TPSA) is 155 Å². The summed E-state index contributed by atoms with van der Waals surface area (Å²) in [6.45, 7) is 2.36. The number of aromatic amines is 1. The van der Waals surface area contributed by atoms with Gasteiger partial charge >= 0.3 is 0 Å². The molecule has 1 aliphatic rings. The minimum absolute atomic E-state index is 0.0505. The van der Waals surface area contributed by atoms with Crippen molar-refractivity contribution in [1.29, 1.82) is 5.26 Å². The van der Waals surface area contributed by atoms with Crippen molar-refractivity contribution >= 4 is 18.3 Å². The Morgan fingerprint density at radius 1 is 1.31 bits per heavy atom. The molecule has 0 unspecified atom stereocenters. The van der Waals surface area contributed by atoms with Crippen LogP contribution in [0.4, 0.5) is 0 Å². The Balaban J connectivity index is 0.00000114. The first-order chi connectivity index (χ1) is 15.4. The lowest BCUT2D eigenvalue weighted by Gasteiger charge is -2.32. The molecule has 1 aliphatic carbocycles. The number of nitrogens with one attached hydrogen (secondary N) is 3. The van der Waals surface area contributed by atoms with Crippen LogP contribution in [0.3, 0.4) is 0 Å². The van der Waals surface area contributed by atoms with E-state index in [1.165, 1.54) is 23.4 Å². The van der Waals surface area contributed by atoms with Gasteiger partial charge in [0.15, 0.2) is 0 Å². The average Bonchev–Trinajstić information content (AvgIpc) is 3.26. The number of aliphatic hydroxyl groups excluding tert-OH is 1. The van der Waals surface area contributed by atoms with Crippen LogP contribution in [-0.2, 0) is 16.0 Å². The molecule has 1 saturated carbocycles. The van der Waals surface area contributed by atoms with E-state index in [4.69, 9.17) is 15.2 Å². The first-order valence-corrected chi connectivity index (χ1v) is 10.4. The Hall–Kier alpha value is -3.64. The zero-order chi connectivity index (χ0) is 23.5. The van der Waals surface area contributed by atoms with Crippen LogP contribution in [-0.4, -0.2) is 52.2 Å². The van der Waals surface area contributed by atoms with Crippen molar-refractivity contribution in [3.63, 3.8) is 0 Å². The predicted octanol–water partition coefficient (Wildman–Crippen LogP) is 1.51. The van der Waals surface area contributed by atoms with Crippen molar-refractivity contribution < 1.29 is 24.6 Å². The van der Waals surface area contributed by atoms with Crippen molar-refractivity contribution in [3.05, 3.63) is 58.9 Å². The molecule has 0 radical (unpaired) electrons. The molecule has 0 aliphatic heterocycles. The van der Waals surface area contributed by atoms with E-state index in [1.54, 1.807) is 0 Å². The second-order valence-electron chi connectivity index (χ2n) is 7.64. The van der Waals surface area contributed by atoms with E-state index in [2.05, 4.69) is 34.7 Å². The van der Waals surface area contributed by atoms with Gasteiger partial charge in [-0.05, 0) is 49.8 Å². The number of benzene rings is 1. The molecule has 1 aromatic carbocycles. The van der Waals surface area contributed by atoms with Gasteiger partial charge in [-0.15, -0.1) is 0 Å². The Kier molecular flexibility index (Phi) is 9.44. The molecule has 170 valence electrons. The summed E-state index contributed by atoms with van der Waals surface area (Å²) in [4.78, 5) is 35.8. The molecule has 2 amide bonds. The molecule has 5 N–H and O–H groups in total. The normalized spacial score (nSPS) is 19.6. The zero-order valence-corrected chi connectivity index (χ0v) is 17.9. The number of carboxylic acid groups (broad SMARTS) is 1. The third kappa shape index (κ3) is 6.96. The van der Waals surface area contributed by atoms with E-state index in [0.717, 1.165) is 6.42 Å². The highest BCUT2D eigenvalue weighted by atomic mass is 16.3.